The number of furan rings is 1. The van der Waals surface area contributed by atoms with Gasteiger partial charge in [0.2, 0.25) is 5.78 Å². The molecule has 0 fully saturated rings. The summed E-state index contributed by atoms with van der Waals surface area (Å²) in [4.78, 5) is 39.5. The van der Waals surface area contributed by atoms with Crippen molar-refractivity contribution in [2.75, 3.05) is 7.11 Å². The highest BCUT2D eigenvalue weighted by Gasteiger charge is 2.45. The lowest BCUT2D eigenvalue weighted by Gasteiger charge is -2.28. The van der Waals surface area contributed by atoms with Gasteiger partial charge in [0.05, 0.1) is 24.3 Å². The number of rotatable bonds is 7. The van der Waals surface area contributed by atoms with Crippen molar-refractivity contribution in [2.24, 2.45) is 0 Å². The molecule has 0 saturated heterocycles. The normalized spacial score (nSPS) is 15.5. The van der Waals surface area contributed by atoms with E-state index < -0.39 is 29.5 Å². The summed E-state index contributed by atoms with van der Waals surface area (Å²) in [5.41, 5.74) is 1.63. The molecule has 0 saturated carbocycles. The molecule has 1 aliphatic rings. The van der Waals surface area contributed by atoms with Crippen LogP contribution in [-0.2, 0) is 11.3 Å². The summed E-state index contributed by atoms with van der Waals surface area (Å²) in [7, 11) is 1.48. The number of carboxylic acids is 1. The van der Waals surface area contributed by atoms with E-state index in [0.29, 0.717) is 22.5 Å². The first-order valence-corrected chi connectivity index (χ1v) is 11.1. The summed E-state index contributed by atoms with van der Waals surface area (Å²) in [6.07, 6.45) is 0. The molecule has 0 spiro atoms. The first-order valence-electron chi connectivity index (χ1n) is 11.1. The fraction of sp³-hybridized carbons (Fsp3) is 0.107. The van der Waals surface area contributed by atoms with E-state index in [2.05, 4.69) is 0 Å². The maximum atomic E-state index is 13.7. The van der Waals surface area contributed by atoms with Crippen LogP contribution in [0.5, 0.6) is 5.75 Å². The van der Waals surface area contributed by atoms with Crippen molar-refractivity contribution in [2.45, 2.75) is 12.6 Å². The van der Waals surface area contributed by atoms with Gasteiger partial charge in [-0.25, -0.2) is 4.79 Å². The minimum absolute atomic E-state index is 0.00175. The van der Waals surface area contributed by atoms with Gasteiger partial charge >= 0.3 is 5.97 Å². The van der Waals surface area contributed by atoms with Crippen LogP contribution in [0.3, 0.4) is 0 Å². The average Bonchev–Trinajstić information content (AvgIpc) is 3.43. The largest absolute Gasteiger partial charge is 0.503 e. The Labute approximate surface area is 205 Å². The van der Waals surface area contributed by atoms with Crippen LogP contribution < -0.4 is 4.74 Å². The number of fused-ring (bicyclic) bond motifs is 1. The average molecular weight is 483 g/mol. The number of benzene rings is 3. The summed E-state index contributed by atoms with van der Waals surface area (Å²) in [6, 6.07) is 20.7. The topological polar surface area (TPSA) is 117 Å². The molecule has 1 aromatic heterocycles. The molecule has 1 unspecified atom stereocenters. The van der Waals surface area contributed by atoms with E-state index in [0.717, 1.165) is 5.39 Å². The second kappa shape index (κ2) is 9.07. The van der Waals surface area contributed by atoms with Gasteiger partial charge in [-0.15, -0.1) is 0 Å². The van der Waals surface area contributed by atoms with Gasteiger partial charge in [0.15, 0.2) is 11.5 Å². The minimum Gasteiger partial charge on any atom is -0.503 e. The van der Waals surface area contributed by atoms with Gasteiger partial charge in [-0.1, -0.05) is 48.5 Å². The molecule has 1 atom stereocenters. The number of aliphatic hydroxyl groups excluding tert-OH is 1. The lowest BCUT2D eigenvalue weighted by molar-refractivity contribution is -0.130. The third kappa shape index (κ3) is 3.88. The molecule has 0 aliphatic carbocycles. The van der Waals surface area contributed by atoms with E-state index in [-0.39, 0.29) is 23.4 Å². The predicted octanol–water partition coefficient (Wildman–Crippen LogP) is 4.92. The third-order valence-electron chi connectivity index (χ3n) is 6.18. The van der Waals surface area contributed by atoms with Crippen molar-refractivity contribution in [3.63, 3.8) is 0 Å². The smallest absolute Gasteiger partial charge is 0.335 e. The number of ether oxygens (including phenoxy) is 1. The molecule has 3 aromatic carbocycles. The molecule has 2 N–H and O–H groups in total. The van der Waals surface area contributed by atoms with E-state index in [1.165, 1.54) is 24.1 Å². The van der Waals surface area contributed by atoms with Crippen molar-refractivity contribution in [1.82, 2.24) is 4.90 Å². The molecule has 36 heavy (non-hydrogen) atoms. The fourth-order valence-electron chi connectivity index (χ4n) is 4.44. The Kier molecular flexibility index (Phi) is 5.77. The van der Waals surface area contributed by atoms with Gasteiger partial charge < -0.3 is 24.3 Å². The van der Waals surface area contributed by atoms with E-state index in [9.17, 15) is 24.6 Å². The number of hydrogen-bond acceptors (Lipinski definition) is 6. The zero-order valence-electron chi connectivity index (χ0n) is 19.2. The minimum atomic E-state index is -1.07. The van der Waals surface area contributed by atoms with Crippen LogP contribution in [0.2, 0.25) is 0 Å². The first kappa shape index (κ1) is 22.9. The number of carbonyl (C=O) groups is 3. The molecule has 1 aliphatic heterocycles. The van der Waals surface area contributed by atoms with Crippen LogP contribution in [0.25, 0.3) is 11.0 Å². The molecule has 1 amide bonds. The Morgan fingerprint density at radius 2 is 1.69 bits per heavy atom. The van der Waals surface area contributed by atoms with Crippen molar-refractivity contribution in [3.05, 3.63) is 113 Å². The fourth-order valence-corrected chi connectivity index (χ4v) is 4.44. The molecule has 0 radical (unpaired) electrons. The van der Waals surface area contributed by atoms with Crippen LogP contribution in [0, 0.1) is 0 Å². The number of carboxylic acid groups (broad SMARTS) is 1. The number of Topliss-reactive ketones (excluding diaryl/α,β-unsaturated/α-hetero) is 1. The molecule has 8 heteroatoms. The highest BCUT2D eigenvalue weighted by Crippen LogP contribution is 2.43. The monoisotopic (exact) mass is 483 g/mol. The quantitative estimate of drug-likeness (QED) is 0.358. The van der Waals surface area contributed by atoms with Gasteiger partial charge in [0.1, 0.15) is 11.3 Å². The second-order valence-corrected chi connectivity index (χ2v) is 8.32. The number of aliphatic hydroxyl groups is 1. The summed E-state index contributed by atoms with van der Waals surface area (Å²) >= 11 is 0. The zero-order chi connectivity index (χ0) is 25.4. The zero-order valence-corrected chi connectivity index (χ0v) is 19.2. The number of nitrogens with zero attached hydrogens (tertiary/aromatic N) is 1. The van der Waals surface area contributed by atoms with Crippen LogP contribution in [0.4, 0.5) is 0 Å². The summed E-state index contributed by atoms with van der Waals surface area (Å²) in [5.74, 6) is -2.64. The summed E-state index contributed by atoms with van der Waals surface area (Å²) in [6.45, 7) is 0.0163. The van der Waals surface area contributed by atoms with E-state index in [4.69, 9.17) is 9.15 Å². The lowest BCUT2D eigenvalue weighted by atomic mass is 9.94. The molecule has 5 rings (SSSR count). The number of carbonyl (C=O) groups excluding carboxylic acids is 2. The SMILES string of the molecule is COc1ccccc1C1C(C(=O)c2cc3ccccc3o2)=C(O)C(=O)N1Cc1ccc(C(=O)O)cc1. The van der Waals surface area contributed by atoms with E-state index in [1.54, 1.807) is 60.7 Å². The molecule has 0 bridgehead atoms. The van der Waals surface area contributed by atoms with Gasteiger partial charge in [0.25, 0.3) is 5.91 Å². The number of aromatic carboxylic acids is 1. The van der Waals surface area contributed by atoms with E-state index in [1.807, 2.05) is 6.07 Å². The Morgan fingerprint density at radius 3 is 2.39 bits per heavy atom. The van der Waals surface area contributed by atoms with Crippen molar-refractivity contribution in [3.8, 4) is 5.75 Å². The van der Waals surface area contributed by atoms with Gasteiger partial charge in [-0.05, 0) is 35.9 Å². The number of methoxy groups -OCH3 is 1. The van der Waals surface area contributed by atoms with Crippen LogP contribution in [-0.4, -0.2) is 39.9 Å². The maximum absolute atomic E-state index is 13.7. The summed E-state index contributed by atoms with van der Waals surface area (Å²) in [5, 5.41) is 20.8. The molecule has 4 aromatic rings. The molecule has 2 heterocycles. The standard InChI is InChI=1S/C28H21NO7/c1-35-21-9-5-3-7-19(21)24-23(25(30)22-14-18-6-2-4-8-20(18)36-22)26(31)27(32)29(24)15-16-10-12-17(13-11-16)28(33)34/h2-14,24,31H,15H2,1H3,(H,33,34). The number of amides is 1. The van der Waals surface area contributed by atoms with Crippen molar-refractivity contribution >= 4 is 28.6 Å². The first-order chi connectivity index (χ1) is 17.4. The maximum Gasteiger partial charge on any atom is 0.335 e. The summed E-state index contributed by atoms with van der Waals surface area (Å²) < 4.78 is 11.3. The molecular formula is C28H21NO7. The van der Waals surface area contributed by atoms with Crippen LogP contribution >= 0.6 is 0 Å². The van der Waals surface area contributed by atoms with E-state index >= 15 is 0 Å². The van der Waals surface area contributed by atoms with Crippen molar-refractivity contribution < 1.29 is 33.8 Å². The van der Waals surface area contributed by atoms with Crippen molar-refractivity contribution in [1.29, 1.82) is 0 Å². The Bertz CT molecular complexity index is 1500. The molecule has 8 nitrogen and oxygen atoms in total. The number of para-hydroxylation sites is 2. The van der Waals surface area contributed by atoms with Gasteiger partial charge in [-0.3, -0.25) is 9.59 Å². The van der Waals surface area contributed by atoms with Gasteiger partial charge in [0, 0.05) is 17.5 Å². The Hall–Kier alpha value is -4.85. The predicted molar refractivity (Wildman–Crippen MR) is 130 cm³/mol. The molecular weight excluding hydrogens is 462 g/mol. The van der Waals surface area contributed by atoms with Crippen LogP contribution in [0.15, 0.2) is 94.6 Å². The number of hydrogen-bond donors (Lipinski definition) is 2. The van der Waals surface area contributed by atoms with Gasteiger partial charge in [-0.2, -0.15) is 0 Å². The lowest BCUT2D eigenvalue weighted by Crippen LogP contribution is -2.31. The third-order valence-corrected chi connectivity index (χ3v) is 6.18. The highest BCUT2D eigenvalue weighted by molar-refractivity contribution is 6.16. The Balaban J connectivity index is 1.60. The Morgan fingerprint density at radius 1 is 1.00 bits per heavy atom. The molecule has 180 valence electrons. The highest BCUT2D eigenvalue weighted by atomic mass is 16.5. The van der Waals surface area contributed by atoms with Crippen LogP contribution in [0.1, 0.15) is 38.1 Å². The second-order valence-electron chi connectivity index (χ2n) is 8.32. The number of ketones is 1.